The molecule has 0 bridgehead atoms. The number of carbonyl (C=O) groups excluding carboxylic acids is 1. The largest absolute Gasteiger partial charge is 0.490 e. The van der Waals surface area contributed by atoms with Gasteiger partial charge < -0.3 is 14.8 Å². The maximum absolute atomic E-state index is 12.4. The molecule has 0 aliphatic heterocycles. The van der Waals surface area contributed by atoms with Crippen LogP contribution in [-0.2, 0) is 11.2 Å². The van der Waals surface area contributed by atoms with Crippen molar-refractivity contribution in [2.45, 2.75) is 64.5 Å². The lowest BCUT2D eigenvalue weighted by Crippen LogP contribution is -2.26. The average molecular weight is 467 g/mol. The number of alkyl halides is 2. The second-order valence-electron chi connectivity index (χ2n) is 8.26. The number of ether oxygens (including phenoxy) is 2. The number of rotatable bonds is 9. The highest BCUT2D eigenvalue weighted by atomic mass is 35.5. The summed E-state index contributed by atoms with van der Waals surface area (Å²) in [5.74, 6) is 1.17. The Bertz CT molecular complexity index is 895. The number of halogens is 3. The number of pyridine rings is 1. The van der Waals surface area contributed by atoms with Crippen molar-refractivity contribution in [2.75, 3.05) is 6.61 Å². The number of hydrogen-bond acceptors (Lipinski definition) is 4. The fourth-order valence-electron chi connectivity index (χ4n) is 4.12. The number of nitrogens with one attached hydrogen (secondary N) is 1. The van der Waals surface area contributed by atoms with Crippen molar-refractivity contribution in [3.63, 3.8) is 0 Å². The van der Waals surface area contributed by atoms with Crippen LogP contribution in [0.2, 0.25) is 5.02 Å². The zero-order valence-electron chi connectivity index (χ0n) is 18.3. The fourth-order valence-corrected chi connectivity index (χ4v) is 4.37. The Balaban J connectivity index is 1.57. The van der Waals surface area contributed by atoms with Gasteiger partial charge in [0.2, 0.25) is 11.8 Å². The molecule has 174 valence electrons. The topological polar surface area (TPSA) is 60.5 Å². The lowest BCUT2D eigenvalue weighted by Gasteiger charge is -2.30. The van der Waals surface area contributed by atoms with Gasteiger partial charge in [-0.3, -0.25) is 4.79 Å². The van der Waals surface area contributed by atoms with Crippen LogP contribution in [0.25, 0.3) is 0 Å². The van der Waals surface area contributed by atoms with Crippen molar-refractivity contribution in [3.05, 3.63) is 52.7 Å². The molecule has 1 aromatic heterocycles. The van der Waals surface area contributed by atoms with Gasteiger partial charge in [0.1, 0.15) is 10.8 Å². The predicted octanol–water partition coefficient (Wildman–Crippen LogP) is 5.76. The van der Waals surface area contributed by atoms with E-state index in [4.69, 9.17) is 21.1 Å². The van der Waals surface area contributed by atoms with Crippen LogP contribution >= 0.6 is 11.6 Å². The van der Waals surface area contributed by atoms with Gasteiger partial charge in [0, 0.05) is 13.1 Å². The molecule has 0 saturated heterocycles. The number of aromatic nitrogens is 1. The Morgan fingerprint density at radius 3 is 2.69 bits per heavy atom. The zero-order valence-corrected chi connectivity index (χ0v) is 19.1. The van der Waals surface area contributed by atoms with Crippen LogP contribution in [0.3, 0.4) is 0 Å². The number of amides is 1. The Labute approximate surface area is 192 Å². The Hall–Kier alpha value is -2.41. The minimum Gasteiger partial charge on any atom is -0.490 e. The first-order chi connectivity index (χ1) is 15.3. The van der Waals surface area contributed by atoms with E-state index in [1.54, 1.807) is 6.20 Å². The van der Waals surface area contributed by atoms with Gasteiger partial charge in [-0.05, 0) is 74.3 Å². The van der Waals surface area contributed by atoms with Crippen LogP contribution in [0.5, 0.6) is 11.6 Å². The summed E-state index contributed by atoms with van der Waals surface area (Å²) in [5.41, 5.74) is 1.87. The van der Waals surface area contributed by atoms with Crippen LogP contribution in [-0.4, -0.2) is 30.0 Å². The van der Waals surface area contributed by atoms with E-state index in [1.807, 2.05) is 37.3 Å². The summed E-state index contributed by atoms with van der Waals surface area (Å²) >= 11 is 6.36. The van der Waals surface area contributed by atoms with Crippen molar-refractivity contribution < 1.29 is 23.0 Å². The van der Waals surface area contributed by atoms with Gasteiger partial charge in [0.25, 0.3) is 6.43 Å². The van der Waals surface area contributed by atoms with Crippen molar-refractivity contribution in [1.82, 2.24) is 10.3 Å². The molecule has 1 heterocycles. The molecule has 2 aromatic rings. The SMILES string of the molecule is CC(=O)NC(C)c1ccc(OC2CCCC(Cc3ccnc(OCC(F)F)c3Cl)C2)cc1. The molecule has 1 amide bonds. The van der Waals surface area contributed by atoms with Gasteiger partial charge in [-0.2, -0.15) is 0 Å². The van der Waals surface area contributed by atoms with Crippen LogP contribution in [0, 0.1) is 5.92 Å². The van der Waals surface area contributed by atoms with Crippen LogP contribution in [0.4, 0.5) is 8.78 Å². The fraction of sp³-hybridized carbons (Fsp3) is 0.500. The second kappa shape index (κ2) is 11.5. The van der Waals surface area contributed by atoms with Crippen LogP contribution < -0.4 is 14.8 Å². The first-order valence-corrected chi connectivity index (χ1v) is 11.3. The molecule has 3 atom stereocenters. The summed E-state index contributed by atoms with van der Waals surface area (Å²) < 4.78 is 36.1. The van der Waals surface area contributed by atoms with E-state index < -0.39 is 13.0 Å². The van der Waals surface area contributed by atoms with Crippen molar-refractivity contribution in [1.29, 1.82) is 0 Å². The Kier molecular flexibility index (Phi) is 8.67. The van der Waals surface area contributed by atoms with E-state index in [2.05, 4.69) is 10.3 Å². The number of nitrogens with zero attached hydrogens (tertiary/aromatic N) is 1. The van der Waals surface area contributed by atoms with E-state index in [0.29, 0.717) is 10.9 Å². The number of carbonyl (C=O) groups is 1. The summed E-state index contributed by atoms with van der Waals surface area (Å²) in [6.07, 6.45) is 3.76. The van der Waals surface area contributed by atoms with Gasteiger partial charge in [-0.25, -0.2) is 13.8 Å². The average Bonchev–Trinajstić information content (AvgIpc) is 2.74. The molecule has 1 aliphatic rings. The number of hydrogen-bond donors (Lipinski definition) is 1. The third kappa shape index (κ3) is 7.05. The third-order valence-corrected chi connectivity index (χ3v) is 6.03. The first kappa shape index (κ1) is 24.2. The number of benzene rings is 1. The van der Waals surface area contributed by atoms with E-state index in [0.717, 1.165) is 49.0 Å². The zero-order chi connectivity index (χ0) is 23.1. The van der Waals surface area contributed by atoms with Crippen LogP contribution in [0.1, 0.15) is 56.7 Å². The van der Waals surface area contributed by atoms with Crippen molar-refractivity contribution in [2.24, 2.45) is 5.92 Å². The summed E-state index contributed by atoms with van der Waals surface area (Å²) in [6, 6.07) is 9.56. The molecule has 1 fully saturated rings. The normalized spacial score (nSPS) is 19.4. The second-order valence-corrected chi connectivity index (χ2v) is 8.64. The maximum atomic E-state index is 12.4. The first-order valence-electron chi connectivity index (χ1n) is 10.9. The molecule has 1 aromatic carbocycles. The molecule has 1 saturated carbocycles. The highest BCUT2D eigenvalue weighted by molar-refractivity contribution is 6.32. The molecule has 0 spiro atoms. The van der Waals surface area contributed by atoms with Gasteiger partial charge in [0.15, 0.2) is 6.61 Å². The van der Waals surface area contributed by atoms with E-state index >= 15 is 0 Å². The lowest BCUT2D eigenvalue weighted by atomic mass is 9.83. The molecule has 3 unspecified atom stereocenters. The van der Waals surface area contributed by atoms with Gasteiger partial charge >= 0.3 is 0 Å². The molecule has 0 radical (unpaired) electrons. The Morgan fingerprint density at radius 1 is 1.25 bits per heavy atom. The quantitative estimate of drug-likeness (QED) is 0.510. The standard InChI is InChI=1S/C24H29ClF2N2O3/c1-15(29-16(2)30)18-6-8-20(9-7-18)32-21-5-3-4-17(13-21)12-19-10-11-28-24(23(19)25)31-14-22(26)27/h6-11,15,17,21-22H,3-5,12-14H2,1-2H3,(H,29,30). The van der Waals surface area contributed by atoms with E-state index in [1.165, 1.54) is 6.92 Å². The van der Waals surface area contributed by atoms with Crippen molar-refractivity contribution >= 4 is 17.5 Å². The summed E-state index contributed by atoms with van der Waals surface area (Å²) in [4.78, 5) is 15.2. The molecular formula is C24H29ClF2N2O3. The van der Waals surface area contributed by atoms with Crippen LogP contribution in [0.15, 0.2) is 36.5 Å². The molecule has 3 rings (SSSR count). The van der Waals surface area contributed by atoms with E-state index in [-0.39, 0.29) is 23.9 Å². The molecule has 8 heteroatoms. The summed E-state index contributed by atoms with van der Waals surface area (Å²) in [7, 11) is 0. The molecule has 1 N–H and O–H groups in total. The summed E-state index contributed by atoms with van der Waals surface area (Å²) in [6.45, 7) is 2.72. The van der Waals surface area contributed by atoms with Gasteiger partial charge in [-0.1, -0.05) is 23.7 Å². The third-order valence-electron chi connectivity index (χ3n) is 5.63. The highest BCUT2D eigenvalue weighted by Crippen LogP contribution is 2.34. The van der Waals surface area contributed by atoms with Gasteiger partial charge in [0.05, 0.1) is 12.1 Å². The minimum atomic E-state index is -2.57. The Morgan fingerprint density at radius 2 is 2.00 bits per heavy atom. The lowest BCUT2D eigenvalue weighted by molar-refractivity contribution is -0.119. The predicted molar refractivity (Wildman–Crippen MR) is 119 cm³/mol. The minimum absolute atomic E-state index is 0.0553. The molecule has 1 aliphatic carbocycles. The molecular weight excluding hydrogens is 438 g/mol. The smallest absolute Gasteiger partial charge is 0.272 e. The highest BCUT2D eigenvalue weighted by Gasteiger charge is 2.25. The van der Waals surface area contributed by atoms with Crippen molar-refractivity contribution in [3.8, 4) is 11.6 Å². The monoisotopic (exact) mass is 466 g/mol. The van der Waals surface area contributed by atoms with Gasteiger partial charge in [-0.15, -0.1) is 0 Å². The molecule has 32 heavy (non-hydrogen) atoms. The summed E-state index contributed by atoms with van der Waals surface area (Å²) in [5, 5.41) is 3.18. The van der Waals surface area contributed by atoms with E-state index in [9.17, 15) is 13.6 Å². The maximum Gasteiger partial charge on any atom is 0.272 e. The molecule has 5 nitrogen and oxygen atoms in total.